The van der Waals surface area contributed by atoms with E-state index >= 15 is 0 Å². The molecule has 1 heterocycles. The molecular formula is C22H22N2O3. The van der Waals surface area contributed by atoms with Crippen molar-refractivity contribution in [1.82, 2.24) is 9.88 Å². The highest BCUT2D eigenvalue weighted by atomic mass is 16.5. The number of methoxy groups -OCH3 is 1. The van der Waals surface area contributed by atoms with Crippen molar-refractivity contribution in [2.45, 2.75) is 31.8 Å². The first-order valence-electron chi connectivity index (χ1n) is 9.21. The summed E-state index contributed by atoms with van der Waals surface area (Å²) in [4.78, 5) is 25.5. The molecule has 0 aliphatic heterocycles. The van der Waals surface area contributed by atoms with Crippen LogP contribution in [-0.2, 0) is 13.0 Å². The number of carbonyl (C=O) groups excluding carboxylic acids is 1. The summed E-state index contributed by atoms with van der Waals surface area (Å²) in [6.45, 7) is 0.514. The Hall–Kier alpha value is -3.08. The quantitative estimate of drug-likeness (QED) is 0.733. The first-order valence-corrected chi connectivity index (χ1v) is 9.21. The number of fused-ring (bicyclic) bond motifs is 1. The van der Waals surface area contributed by atoms with Gasteiger partial charge in [0.2, 0.25) is 0 Å². The molecule has 27 heavy (non-hydrogen) atoms. The van der Waals surface area contributed by atoms with Crippen molar-refractivity contribution >= 4 is 16.7 Å². The van der Waals surface area contributed by atoms with Crippen LogP contribution in [0.5, 0.6) is 5.75 Å². The minimum atomic E-state index is -0.105. The summed E-state index contributed by atoms with van der Waals surface area (Å²) < 4.78 is 6.83. The Morgan fingerprint density at radius 3 is 2.48 bits per heavy atom. The fraction of sp³-hybridized carbons (Fsp3) is 0.273. The summed E-state index contributed by atoms with van der Waals surface area (Å²) in [7, 11) is 1.64. The highest BCUT2D eigenvalue weighted by Gasteiger charge is 2.25. The molecule has 3 aromatic rings. The zero-order chi connectivity index (χ0) is 18.8. The predicted octanol–water partition coefficient (Wildman–Crippen LogP) is 3.15. The molecule has 4 rings (SSSR count). The molecule has 5 heteroatoms. The van der Waals surface area contributed by atoms with Gasteiger partial charge >= 0.3 is 0 Å². The van der Waals surface area contributed by atoms with E-state index in [1.54, 1.807) is 23.9 Å². The number of hydrogen-bond acceptors (Lipinski definition) is 3. The summed E-state index contributed by atoms with van der Waals surface area (Å²) in [5, 5.41) is 4.32. The number of amides is 1. The number of aryl methyl sites for hydroxylation is 2. The molecule has 138 valence electrons. The second kappa shape index (κ2) is 7.27. The van der Waals surface area contributed by atoms with Gasteiger partial charge in [-0.05, 0) is 43.0 Å². The lowest BCUT2D eigenvalue weighted by molar-refractivity contribution is 0.0952. The van der Waals surface area contributed by atoms with Gasteiger partial charge in [-0.15, -0.1) is 0 Å². The molecule has 0 saturated heterocycles. The van der Waals surface area contributed by atoms with Crippen LogP contribution in [0.15, 0.2) is 59.5 Å². The largest absolute Gasteiger partial charge is 0.497 e. The molecule has 1 aliphatic rings. The molecule has 1 aromatic heterocycles. The molecule has 0 radical (unpaired) electrons. The molecule has 0 bridgehead atoms. The topological polar surface area (TPSA) is 60.3 Å². The van der Waals surface area contributed by atoms with Crippen LogP contribution in [0.4, 0.5) is 0 Å². The average Bonchev–Trinajstić information content (AvgIpc) is 3.52. The summed E-state index contributed by atoms with van der Waals surface area (Å²) in [5.74, 6) is 0.701. The molecule has 5 nitrogen and oxygen atoms in total. The van der Waals surface area contributed by atoms with Crippen LogP contribution in [0, 0.1) is 0 Å². The molecule has 1 amide bonds. The van der Waals surface area contributed by atoms with Crippen LogP contribution in [0.2, 0.25) is 0 Å². The van der Waals surface area contributed by atoms with Gasteiger partial charge in [-0.1, -0.05) is 30.3 Å². The number of carbonyl (C=O) groups is 1. The Labute approximate surface area is 157 Å². The molecule has 1 N–H and O–H groups in total. The summed E-state index contributed by atoms with van der Waals surface area (Å²) >= 11 is 0. The van der Waals surface area contributed by atoms with Gasteiger partial charge < -0.3 is 14.6 Å². The van der Waals surface area contributed by atoms with Crippen molar-refractivity contribution < 1.29 is 9.53 Å². The summed E-state index contributed by atoms with van der Waals surface area (Å²) in [6, 6.07) is 15.4. The molecule has 0 spiro atoms. The molecule has 0 atom stereocenters. The minimum Gasteiger partial charge on any atom is -0.497 e. The van der Waals surface area contributed by atoms with E-state index in [0.29, 0.717) is 29.3 Å². The van der Waals surface area contributed by atoms with Crippen LogP contribution < -0.4 is 15.6 Å². The SMILES string of the molecule is COc1ccc(CCn2cc(C(=O)NC3CC3)c3ccccc3c2=O)cc1. The van der Waals surface area contributed by atoms with Crippen LogP contribution in [0.1, 0.15) is 28.8 Å². The zero-order valence-electron chi connectivity index (χ0n) is 15.3. The Bertz CT molecular complexity index is 1030. The molecular weight excluding hydrogens is 340 g/mol. The smallest absolute Gasteiger partial charge is 0.258 e. The van der Waals surface area contributed by atoms with Crippen LogP contribution in [0.3, 0.4) is 0 Å². The van der Waals surface area contributed by atoms with Crippen LogP contribution in [0.25, 0.3) is 10.8 Å². The van der Waals surface area contributed by atoms with Crippen molar-refractivity contribution in [2.75, 3.05) is 7.11 Å². The molecule has 0 unspecified atom stereocenters. The van der Waals surface area contributed by atoms with Crippen molar-refractivity contribution in [3.05, 3.63) is 76.2 Å². The normalized spacial score (nSPS) is 13.5. The predicted molar refractivity (Wildman–Crippen MR) is 105 cm³/mol. The van der Waals surface area contributed by atoms with E-state index in [2.05, 4.69) is 5.32 Å². The maximum atomic E-state index is 12.9. The minimum absolute atomic E-state index is 0.0675. The van der Waals surface area contributed by atoms with E-state index in [9.17, 15) is 9.59 Å². The Morgan fingerprint density at radius 2 is 1.81 bits per heavy atom. The maximum absolute atomic E-state index is 12.9. The third kappa shape index (κ3) is 3.72. The summed E-state index contributed by atoms with van der Waals surface area (Å²) in [6.07, 6.45) is 4.46. The van der Waals surface area contributed by atoms with Crippen LogP contribution >= 0.6 is 0 Å². The average molecular weight is 362 g/mol. The third-order valence-electron chi connectivity index (χ3n) is 4.95. The molecule has 1 aliphatic carbocycles. The van der Waals surface area contributed by atoms with Gasteiger partial charge in [0.05, 0.1) is 12.7 Å². The number of pyridine rings is 1. The highest BCUT2D eigenvalue weighted by Crippen LogP contribution is 2.21. The fourth-order valence-corrected chi connectivity index (χ4v) is 3.22. The van der Waals surface area contributed by atoms with Gasteiger partial charge in [-0.25, -0.2) is 0 Å². The second-order valence-electron chi connectivity index (χ2n) is 6.93. The van der Waals surface area contributed by atoms with Gasteiger partial charge in [-0.2, -0.15) is 0 Å². The number of ether oxygens (including phenoxy) is 1. The second-order valence-corrected chi connectivity index (χ2v) is 6.93. The molecule has 1 fully saturated rings. The monoisotopic (exact) mass is 362 g/mol. The van der Waals surface area contributed by atoms with E-state index in [0.717, 1.165) is 24.2 Å². The lowest BCUT2D eigenvalue weighted by atomic mass is 10.1. The number of aromatic nitrogens is 1. The fourth-order valence-electron chi connectivity index (χ4n) is 3.22. The highest BCUT2D eigenvalue weighted by molar-refractivity contribution is 6.06. The Balaban J connectivity index is 1.65. The van der Waals surface area contributed by atoms with E-state index in [4.69, 9.17) is 4.74 Å². The number of nitrogens with zero attached hydrogens (tertiary/aromatic N) is 1. The van der Waals surface area contributed by atoms with Gasteiger partial charge in [0.25, 0.3) is 11.5 Å². The standard InChI is InChI=1S/C22H22N2O3/c1-27-17-10-6-15(7-11-17)12-13-24-14-20(21(25)23-16-8-9-16)18-4-2-3-5-19(18)22(24)26/h2-7,10-11,14,16H,8-9,12-13H2,1H3,(H,23,25). The Morgan fingerprint density at radius 1 is 1.11 bits per heavy atom. The lowest BCUT2D eigenvalue weighted by Crippen LogP contribution is -2.29. The number of rotatable bonds is 6. The maximum Gasteiger partial charge on any atom is 0.258 e. The van der Waals surface area contributed by atoms with Crippen molar-refractivity contribution in [3.8, 4) is 5.75 Å². The summed E-state index contributed by atoms with van der Waals surface area (Å²) in [5.41, 5.74) is 1.61. The number of nitrogens with one attached hydrogen (secondary N) is 1. The van der Waals surface area contributed by atoms with Gasteiger partial charge in [0.15, 0.2) is 0 Å². The van der Waals surface area contributed by atoms with E-state index in [1.165, 1.54) is 0 Å². The Kier molecular flexibility index (Phi) is 4.67. The van der Waals surface area contributed by atoms with Gasteiger partial charge in [0, 0.05) is 29.6 Å². The van der Waals surface area contributed by atoms with Crippen LogP contribution in [-0.4, -0.2) is 23.6 Å². The van der Waals surface area contributed by atoms with E-state index < -0.39 is 0 Å². The number of benzene rings is 2. The number of hydrogen-bond donors (Lipinski definition) is 1. The lowest BCUT2D eigenvalue weighted by Gasteiger charge is -2.13. The van der Waals surface area contributed by atoms with Gasteiger partial charge in [-0.3, -0.25) is 9.59 Å². The van der Waals surface area contributed by atoms with E-state index in [1.807, 2.05) is 42.5 Å². The van der Waals surface area contributed by atoms with Crippen molar-refractivity contribution in [3.63, 3.8) is 0 Å². The first-order chi connectivity index (χ1) is 13.2. The van der Waals surface area contributed by atoms with Crippen molar-refractivity contribution in [2.24, 2.45) is 0 Å². The third-order valence-corrected chi connectivity index (χ3v) is 4.95. The van der Waals surface area contributed by atoms with Crippen molar-refractivity contribution in [1.29, 1.82) is 0 Å². The zero-order valence-corrected chi connectivity index (χ0v) is 15.3. The first kappa shape index (κ1) is 17.3. The van der Waals surface area contributed by atoms with Gasteiger partial charge in [0.1, 0.15) is 5.75 Å². The van der Waals surface area contributed by atoms with E-state index in [-0.39, 0.29) is 17.5 Å². The molecule has 1 saturated carbocycles. The molecule has 2 aromatic carbocycles.